The molecule has 2 amide bonds. The summed E-state index contributed by atoms with van der Waals surface area (Å²) in [5, 5.41) is 13.2. The first-order valence-corrected chi connectivity index (χ1v) is 8.20. The molecule has 0 heterocycles. The molecule has 22 heavy (non-hydrogen) atoms. The van der Waals surface area contributed by atoms with Crippen molar-refractivity contribution >= 4 is 27.5 Å². The Bertz CT molecular complexity index is 660. The van der Waals surface area contributed by atoms with Crippen molar-refractivity contribution in [2.45, 2.75) is 24.7 Å². The maximum absolute atomic E-state index is 13.2. The number of rotatable bonds is 7. The first-order chi connectivity index (χ1) is 10.3. The van der Waals surface area contributed by atoms with Gasteiger partial charge in [0, 0.05) is 13.0 Å². The van der Waals surface area contributed by atoms with E-state index in [1.54, 1.807) is 0 Å². The first kappa shape index (κ1) is 17.9. The molecular weight excluding hydrogens is 315 g/mol. The highest BCUT2D eigenvalue weighted by Gasteiger charge is 2.19. The quantitative estimate of drug-likeness (QED) is 0.657. The summed E-state index contributed by atoms with van der Waals surface area (Å²) >= 11 is 0. The molecule has 1 rings (SSSR count). The van der Waals surface area contributed by atoms with Gasteiger partial charge in [-0.05, 0) is 24.6 Å². The maximum Gasteiger partial charge on any atom is 0.319 e. The van der Waals surface area contributed by atoms with E-state index in [-0.39, 0.29) is 35.7 Å². The average Bonchev–Trinajstić information content (AvgIpc) is 2.45. The normalized spacial score (nSPS) is 11.0. The summed E-state index contributed by atoms with van der Waals surface area (Å²) in [6.45, 7) is 1.53. The second-order valence-electron chi connectivity index (χ2n) is 4.42. The maximum atomic E-state index is 13.2. The summed E-state index contributed by atoms with van der Waals surface area (Å²) in [5.41, 5.74) is -0.0287. The van der Waals surface area contributed by atoms with Gasteiger partial charge in [-0.1, -0.05) is 6.92 Å². The smallest absolute Gasteiger partial charge is 0.319 e. The van der Waals surface area contributed by atoms with Crippen LogP contribution in [-0.2, 0) is 14.6 Å². The van der Waals surface area contributed by atoms with Crippen LogP contribution in [-0.4, -0.2) is 37.8 Å². The molecule has 0 unspecified atom stereocenters. The largest absolute Gasteiger partial charge is 0.481 e. The molecule has 0 radical (unpaired) electrons. The lowest BCUT2D eigenvalue weighted by Crippen LogP contribution is -2.30. The van der Waals surface area contributed by atoms with Gasteiger partial charge in [0.25, 0.3) is 0 Å². The van der Waals surface area contributed by atoms with E-state index in [0.29, 0.717) is 0 Å². The number of benzene rings is 1. The van der Waals surface area contributed by atoms with Gasteiger partial charge in [-0.15, -0.1) is 0 Å². The standard InChI is InChI=1S/C13H17FN2O5S/c1-2-22(20,21)11-8-9(14)5-6-10(11)16-13(19)15-7-3-4-12(17)18/h5-6,8H,2-4,7H2,1H3,(H,17,18)(H2,15,16,19). The predicted octanol–water partition coefficient (Wildman–Crippen LogP) is 1.61. The Balaban J connectivity index is 2.77. The molecule has 0 fully saturated rings. The number of nitrogens with one attached hydrogen (secondary N) is 2. The number of anilines is 1. The lowest BCUT2D eigenvalue weighted by molar-refractivity contribution is -0.137. The van der Waals surface area contributed by atoms with E-state index in [2.05, 4.69) is 10.6 Å². The van der Waals surface area contributed by atoms with Crippen LogP contribution >= 0.6 is 0 Å². The molecule has 0 saturated heterocycles. The summed E-state index contributed by atoms with van der Waals surface area (Å²) in [6, 6.07) is 2.35. The van der Waals surface area contributed by atoms with Crippen LogP contribution in [0.2, 0.25) is 0 Å². The molecule has 7 nitrogen and oxygen atoms in total. The topological polar surface area (TPSA) is 113 Å². The average molecular weight is 332 g/mol. The van der Waals surface area contributed by atoms with Crippen molar-refractivity contribution in [3.8, 4) is 0 Å². The third-order valence-electron chi connectivity index (χ3n) is 2.76. The van der Waals surface area contributed by atoms with Crippen LogP contribution < -0.4 is 10.6 Å². The van der Waals surface area contributed by atoms with Crippen molar-refractivity contribution in [2.75, 3.05) is 17.6 Å². The lowest BCUT2D eigenvalue weighted by Gasteiger charge is -2.12. The Morgan fingerprint density at radius 1 is 1.32 bits per heavy atom. The van der Waals surface area contributed by atoms with Gasteiger partial charge in [0.05, 0.1) is 16.3 Å². The van der Waals surface area contributed by atoms with Gasteiger partial charge in [-0.3, -0.25) is 4.79 Å². The first-order valence-electron chi connectivity index (χ1n) is 6.55. The van der Waals surface area contributed by atoms with Crippen LogP contribution in [0.25, 0.3) is 0 Å². The van der Waals surface area contributed by atoms with Gasteiger partial charge in [0.15, 0.2) is 9.84 Å². The van der Waals surface area contributed by atoms with Crippen molar-refractivity contribution in [1.29, 1.82) is 0 Å². The predicted molar refractivity (Wildman–Crippen MR) is 78.0 cm³/mol. The summed E-state index contributed by atoms with van der Waals surface area (Å²) in [7, 11) is -3.69. The highest BCUT2D eigenvalue weighted by molar-refractivity contribution is 7.91. The number of halogens is 1. The van der Waals surface area contributed by atoms with Crippen molar-refractivity contribution < 1.29 is 27.5 Å². The number of urea groups is 1. The van der Waals surface area contributed by atoms with Crippen molar-refractivity contribution in [3.05, 3.63) is 24.0 Å². The number of sulfone groups is 1. The SMILES string of the molecule is CCS(=O)(=O)c1cc(F)ccc1NC(=O)NCCCC(=O)O. The van der Waals surface area contributed by atoms with Gasteiger partial charge >= 0.3 is 12.0 Å². The fourth-order valence-corrected chi connectivity index (χ4v) is 2.68. The molecule has 1 aromatic carbocycles. The number of amides is 2. The molecule has 0 bridgehead atoms. The molecule has 0 aliphatic rings. The Hall–Kier alpha value is -2.16. The Labute approximate surface area is 127 Å². The van der Waals surface area contributed by atoms with Crippen LogP contribution in [0.5, 0.6) is 0 Å². The molecule has 9 heteroatoms. The van der Waals surface area contributed by atoms with Crippen molar-refractivity contribution in [2.24, 2.45) is 0 Å². The van der Waals surface area contributed by atoms with Gasteiger partial charge in [0.2, 0.25) is 0 Å². The van der Waals surface area contributed by atoms with Gasteiger partial charge in [0.1, 0.15) is 5.82 Å². The molecule has 0 aliphatic heterocycles. The molecule has 3 N–H and O–H groups in total. The third kappa shape index (κ3) is 5.32. The minimum absolute atomic E-state index is 0.0287. The Kier molecular flexibility index (Phi) is 6.29. The zero-order valence-corrected chi connectivity index (χ0v) is 12.7. The molecule has 0 spiro atoms. The zero-order valence-electron chi connectivity index (χ0n) is 11.9. The number of carbonyl (C=O) groups is 2. The van der Waals surface area contributed by atoms with Crippen LogP contribution in [0.3, 0.4) is 0 Å². The molecule has 0 aromatic heterocycles. The lowest BCUT2D eigenvalue weighted by atomic mass is 10.3. The molecule has 0 saturated carbocycles. The minimum atomic E-state index is -3.69. The van der Waals surface area contributed by atoms with E-state index in [9.17, 15) is 22.4 Å². The van der Waals surface area contributed by atoms with E-state index < -0.39 is 27.7 Å². The molecule has 1 aromatic rings. The van der Waals surface area contributed by atoms with E-state index in [0.717, 1.165) is 18.2 Å². The van der Waals surface area contributed by atoms with Crippen molar-refractivity contribution in [3.63, 3.8) is 0 Å². The number of carboxylic acid groups (broad SMARTS) is 1. The summed E-state index contributed by atoms with van der Waals surface area (Å²) in [4.78, 5) is 21.7. The van der Waals surface area contributed by atoms with E-state index in [1.807, 2.05) is 0 Å². The summed E-state index contributed by atoms with van der Waals surface area (Å²) in [5.74, 6) is -1.93. The Morgan fingerprint density at radius 2 is 2.00 bits per heavy atom. The molecule has 0 atom stereocenters. The van der Waals surface area contributed by atoms with Gasteiger partial charge in [-0.25, -0.2) is 17.6 Å². The number of carboxylic acids is 1. The van der Waals surface area contributed by atoms with E-state index >= 15 is 0 Å². The van der Waals surface area contributed by atoms with Crippen molar-refractivity contribution in [1.82, 2.24) is 5.32 Å². The number of aliphatic carboxylic acids is 1. The van der Waals surface area contributed by atoms with Crippen LogP contribution in [0.1, 0.15) is 19.8 Å². The second kappa shape index (κ2) is 7.74. The van der Waals surface area contributed by atoms with E-state index in [1.165, 1.54) is 6.92 Å². The minimum Gasteiger partial charge on any atom is -0.481 e. The molecule has 0 aliphatic carbocycles. The fourth-order valence-electron chi connectivity index (χ4n) is 1.62. The van der Waals surface area contributed by atoms with Gasteiger partial charge in [-0.2, -0.15) is 0 Å². The van der Waals surface area contributed by atoms with Crippen LogP contribution in [0, 0.1) is 5.82 Å². The summed E-state index contributed by atoms with van der Waals surface area (Å²) < 4.78 is 37.0. The Morgan fingerprint density at radius 3 is 2.59 bits per heavy atom. The highest BCUT2D eigenvalue weighted by atomic mass is 32.2. The summed E-state index contributed by atoms with van der Waals surface area (Å²) in [6.07, 6.45) is 0.151. The number of hydrogen-bond acceptors (Lipinski definition) is 4. The highest BCUT2D eigenvalue weighted by Crippen LogP contribution is 2.23. The van der Waals surface area contributed by atoms with Gasteiger partial charge < -0.3 is 15.7 Å². The van der Waals surface area contributed by atoms with Crippen LogP contribution in [0.15, 0.2) is 23.1 Å². The molecule has 122 valence electrons. The zero-order chi connectivity index (χ0) is 16.8. The van der Waals surface area contributed by atoms with E-state index in [4.69, 9.17) is 5.11 Å². The number of hydrogen-bond donors (Lipinski definition) is 3. The molecular formula is C13H17FN2O5S. The third-order valence-corrected chi connectivity index (χ3v) is 4.53. The fraction of sp³-hybridized carbons (Fsp3) is 0.385. The second-order valence-corrected chi connectivity index (χ2v) is 6.67. The number of carbonyl (C=O) groups excluding carboxylic acids is 1. The van der Waals surface area contributed by atoms with Crippen LogP contribution in [0.4, 0.5) is 14.9 Å². The monoisotopic (exact) mass is 332 g/mol.